The predicted molar refractivity (Wildman–Crippen MR) is 137 cm³/mol. The number of halogens is 1. The highest BCUT2D eigenvalue weighted by Gasteiger charge is 2.49. The molecule has 184 valence electrons. The molecule has 2 amide bonds. The summed E-state index contributed by atoms with van der Waals surface area (Å²) in [5, 5.41) is 13.0. The molecule has 7 heteroatoms. The van der Waals surface area contributed by atoms with Gasteiger partial charge in [0.1, 0.15) is 5.82 Å². The van der Waals surface area contributed by atoms with E-state index in [0.29, 0.717) is 18.8 Å². The van der Waals surface area contributed by atoms with E-state index in [2.05, 4.69) is 39.2 Å². The summed E-state index contributed by atoms with van der Waals surface area (Å²) in [6.07, 6.45) is 5.29. The molecule has 0 unspecified atom stereocenters. The Kier molecular flexibility index (Phi) is 7.26. The first-order chi connectivity index (χ1) is 17.6. The van der Waals surface area contributed by atoms with Crippen LogP contribution in [0.1, 0.15) is 35.4 Å². The van der Waals surface area contributed by atoms with E-state index in [1.165, 1.54) is 12.1 Å². The van der Waals surface area contributed by atoms with Gasteiger partial charge in [-0.25, -0.2) is 9.18 Å². The van der Waals surface area contributed by atoms with Crippen molar-refractivity contribution < 1.29 is 14.3 Å². The number of carbonyl (C=O) groups excluding carboxylic acids is 1. The molecule has 5 rings (SSSR count). The quantitative estimate of drug-likeness (QED) is 0.550. The van der Waals surface area contributed by atoms with E-state index in [4.69, 9.17) is 0 Å². The fourth-order valence-corrected chi connectivity index (χ4v) is 5.26. The number of benzene rings is 2. The van der Waals surface area contributed by atoms with Crippen LogP contribution in [-0.4, -0.2) is 64.2 Å². The number of fused-ring (bicyclic) bond motifs is 1. The average molecular weight is 485 g/mol. The lowest BCUT2D eigenvalue weighted by Gasteiger charge is -2.57. The van der Waals surface area contributed by atoms with E-state index in [0.717, 1.165) is 36.1 Å². The second-order valence-corrected chi connectivity index (χ2v) is 9.29. The van der Waals surface area contributed by atoms with Crippen LogP contribution < -0.4 is 5.32 Å². The topological polar surface area (TPSA) is 68.7 Å². The SMILES string of the molecule is O=C(Nc1cccc(F)c1)N1CCCCN2[C@@H](CO)[C@@H](c3ccc(C#Cc4cccnc4)cc3)[C@@H]2C1. The fourth-order valence-electron chi connectivity index (χ4n) is 5.26. The van der Waals surface area contributed by atoms with Gasteiger partial charge in [-0.15, -0.1) is 0 Å². The van der Waals surface area contributed by atoms with Crippen LogP contribution in [0, 0.1) is 17.7 Å². The maximum absolute atomic E-state index is 13.6. The van der Waals surface area contributed by atoms with Gasteiger partial charge in [0.2, 0.25) is 0 Å². The van der Waals surface area contributed by atoms with Gasteiger partial charge in [0.05, 0.1) is 6.61 Å². The number of nitrogens with one attached hydrogen (secondary N) is 1. The molecule has 2 aliphatic rings. The summed E-state index contributed by atoms with van der Waals surface area (Å²) in [6, 6.07) is 17.8. The summed E-state index contributed by atoms with van der Waals surface area (Å²) in [6.45, 7) is 2.16. The van der Waals surface area contributed by atoms with Gasteiger partial charge in [-0.05, 0) is 67.4 Å². The number of urea groups is 1. The van der Waals surface area contributed by atoms with E-state index in [9.17, 15) is 14.3 Å². The van der Waals surface area contributed by atoms with Gasteiger partial charge < -0.3 is 15.3 Å². The van der Waals surface area contributed by atoms with Crippen LogP contribution in [0.25, 0.3) is 0 Å². The van der Waals surface area contributed by atoms with Gasteiger partial charge in [0, 0.05) is 60.3 Å². The highest BCUT2D eigenvalue weighted by molar-refractivity contribution is 5.89. The van der Waals surface area contributed by atoms with Crippen molar-refractivity contribution in [3.05, 3.63) is 95.6 Å². The summed E-state index contributed by atoms with van der Waals surface area (Å²) in [5.74, 6) is 6.02. The van der Waals surface area contributed by atoms with Crippen molar-refractivity contribution in [2.75, 3.05) is 31.6 Å². The van der Waals surface area contributed by atoms with E-state index in [1.807, 2.05) is 29.2 Å². The minimum atomic E-state index is -0.384. The van der Waals surface area contributed by atoms with Crippen molar-refractivity contribution in [3.63, 3.8) is 0 Å². The molecule has 2 N–H and O–H groups in total. The average Bonchev–Trinajstić information content (AvgIpc) is 2.88. The monoisotopic (exact) mass is 484 g/mol. The van der Waals surface area contributed by atoms with Crippen molar-refractivity contribution in [1.82, 2.24) is 14.8 Å². The molecule has 36 heavy (non-hydrogen) atoms. The Bertz CT molecular complexity index is 1260. The second-order valence-electron chi connectivity index (χ2n) is 9.29. The number of aliphatic hydroxyl groups is 1. The summed E-state index contributed by atoms with van der Waals surface area (Å²) in [5.41, 5.74) is 3.35. The first kappa shape index (κ1) is 24.0. The van der Waals surface area contributed by atoms with Crippen molar-refractivity contribution in [2.45, 2.75) is 30.8 Å². The molecule has 2 aliphatic heterocycles. The largest absolute Gasteiger partial charge is 0.395 e. The summed E-state index contributed by atoms with van der Waals surface area (Å²) < 4.78 is 13.6. The summed E-state index contributed by atoms with van der Waals surface area (Å²) in [7, 11) is 0. The van der Waals surface area contributed by atoms with Gasteiger partial charge in [0.15, 0.2) is 0 Å². The van der Waals surface area contributed by atoms with Crippen molar-refractivity contribution in [2.24, 2.45) is 0 Å². The Morgan fingerprint density at radius 2 is 1.86 bits per heavy atom. The number of carbonyl (C=O) groups is 1. The third-order valence-corrected chi connectivity index (χ3v) is 7.04. The molecule has 3 atom stereocenters. The molecule has 0 radical (unpaired) electrons. The lowest BCUT2D eigenvalue weighted by Crippen LogP contribution is -2.68. The third-order valence-electron chi connectivity index (χ3n) is 7.04. The van der Waals surface area contributed by atoms with Gasteiger partial charge in [-0.2, -0.15) is 0 Å². The number of aliphatic hydroxyl groups excluding tert-OH is 1. The molecule has 3 aromatic rings. The minimum Gasteiger partial charge on any atom is -0.395 e. The number of hydrogen-bond acceptors (Lipinski definition) is 4. The van der Waals surface area contributed by atoms with Crippen LogP contribution in [0.4, 0.5) is 14.9 Å². The van der Waals surface area contributed by atoms with E-state index in [-0.39, 0.29) is 36.5 Å². The fraction of sp³-hybridized carbons (Fsp3) is 0.310. The zero-order valence-corrected chi connectivity index (χ0v) is 20.0. The summed E-state index contributed by atoms with van der Waals surface area (Å²) >= 11 is 0. The maximum Gasteiger partial charge on any atom is 0.321 e. The Labute approximate surface area is 210 Å². The first-order valence-electron chi connectivity index (χ1n) is 12.3. The molecule has 2 aromatic carbocycles. The van der Waals surface area contributed by atoms with Crippen LogP contribution in [0.3, 0.4) is 0 Å². The maximum atomic E-state index is 13.6. The van der Waals surface area contributed by atoms with Gasteiger partial charge in [0.25, 0.3) is 0 Å². The number of nitrogens with zero attached hydrogens (tertiary/aromatic N) is 3. The first-order valence-corrected chi connectivity index (χ1v) is 12.3. The predicted octanol–water partition coefficient (Wildman–Crippen LogP) is 4.08. The highest BCUT2D eigenvalue weighted by atomic mass is 19.1. The Hall–Kier alpha value is -3.73. The number of pyridine rings is 1. The van der Waals surface area contributed by atoms with Crippen LogP contribution in [0.2, 0.25) is 0 Å². The lowest BCUT2D eigenvalue weighted by molar-refractivity contribution is -0.0585. The van der Waals surface area contributed by atoms with E-state index >= 15 is 0 Å². The number of hydrogen-bond donors (Lipinski definition) is 2. The van der Waals surface area contributed by atoms with Gasteiger partial charge in [-0.3, -0.25) is 9.88 Å². The molecule has 0 spiro atoms. The summed E-state index contributed by atoms with van der Waals surface area (Å²) in [4.78, 5) is 21.3. The smallest absolute Gasteiger partial charge is 0.321 e. The number of aromatic nitrogens is 1. The second kappa shape index (κ2) is 10.9. The van der Waals surface area contributed by atoms with Crippen LogP contribution in [0.15, 0.2) is 73.1 Å². The minimum absolute atomic E-state index is 0.0218. The van der Waals surface area contributed by atoms with Crippen molar-refractivity contribution >= 4 is 11.7 Å². The molecule has 3 heterocycles. The van der Waals surface area contributed by atoms with E-state index in [1.54, 1.807) is 24.5 Å². The van der Waals surface area contributed by atoms with Crippen LogP contribution >= 0.6 is 0 Å². The number of rotatable bonds is 3. The van der Waals surface area contributed by atoms with Crippen LogP contribution in [0.5, 0.6) is 0 Å². The Balaban J connectivity index is 1.32. The number of amides is 2. The zero-order chi connectivity index (χ0) is 24.9. The van der Waals surface area contributed by atoms with Gasteiger partial charge in [-0.1, -0.05) is 30.0 Å². The molecule has 0 aliphatic carbocycles. The molecule has 2 saturated heterocycles. The number of anilines is 1. The molecule has 0 bridgehead atoms. The third kappa shape index (κ3) is 5.25. The molecule has 6 nitrogen and oxygen atoms in total. The van der Waals surface area contributed by atoms with Crippen LogP contribution in [-0.2, 0) is 0 Å². The molecular weight excluding hydrogens is 455 g/mol. The lowest BCUT2D eigenvalue weighted by atomic mass is 9.74. The standard InChI is InChI=1S/C29H29FN4O2/c30-24-6-3-7-25(17-24)32-29(36)33-15-1-2-16-34-26(19-33)28(27(34)20-35)23-12-10-21(11-13-23)8-9-22-5-4-14-31-18-22/h3-7,10-14,17-18,26-28,35H,1-2,15-16,19-20H2,(H,32,36)/t26-,27-,28-/m0/s1. The van der Waals surface area contributed by atoms with Gasteiger partial charge >= 0.3 is 6.03 Å². The van der Waals surface area contributed by atoms with Crippen molar-refractivity contribution in [1.29, 1.82) is 0 Å². The van der Waals surface area contributed by atoms with E-state index < -0.39 is 0 Å². The zero-order valence-electron chi connectivity index (χ0n) is 20.0. The molecule has 2 fully saturated rings. The highest BCUT2D eigenvalue weighted by Crippen LogP contribution is 2.42. The Morgan fingerprint density at radius 1 is 1.06 bits per heavy atom. The molecule has 0 saturated carbocycles. The Morgan fingerprint density at radius 3 is 2.61 bits per heavy atom. The molecular formula is C29H29FN4O2. The van der Waals surface area contributed by atoms with Crippen molar-refractivity contribution in [3.8, 4) is 11.8 Å². The normalized spacial score (nSPS) is 21.7. The molecule has 1 aromatic heterocycles.